The quantitative estimate of drug-likeness (QED) is 0.690. The predicted octanol–water partition coefficient (Wildman–Crippen LogP) is 3.91. The molecule has 1 aliphatic rings. The monoisotopic (exact) mass is 386 g/mol. The normalized spacial score (nSPS) is 14.3. The molecule has 1 fully saturated rings. The van der Waals surface area contributed by atoms with E-state index in [1.807, 2.05) is 35.2 Å². The maximum atomic E-state index is 12.8. The van der Waals surface area contributed by atoms with Gasteiger partial charge in [0.15, 0.2) is 0 Å². The van der Waals surface area contributed by atoms with Gasteiger partial charge in [-0.1, -0.05) is 24.3 Å². The fourth-order valence-electron chi connectivity index (χ4n) is 3.43. The third-order valence-electron chi connectivity index (χ3n) is 4.93. The van der Waals surface area contributed by atoms with Crippen LogP contribution in [0.15, 0.2) is 60.8 Å². The second-order valence-corrected chi connectivity index (χ2v) is 7.00. The first-order chi connectivity index (χ1) is 14.2. The molecule has 2 heterocycles. The van der Waals surface area contributed by atoms with Gasteiger partial charge in [0.25, 0.3) is 5.91 Å². The van der Waals surface area contributed by atoms with Gasteiger partial charge in [-0.15, -0.1) is 0 Å². The van der Waals surface area contributed by atoms with E-state index in [-0.39, 0.29) is 11.8 Å². The van der Waals surface area contributed by atoms with E-state index in [1.165, 1.54) is 6.08 Å². The van der Waals surface area contributed by atoms with Crippen LogP contribution in [-0.4, -0.2) is 39.8 Å². The molecule has 1 aromatic heterocycles. The summed E-state index contributed by atoms with van der Waals surface area (Å²) < 4.78 is 0. The topological polar surface area (TPSA) is 75.2 Å². The van der Waals surface area contributed by atoms with E-state index in [2.05, 4.69) is 15.3 Å². The second-order valence-electron chi connectivity index (χ2n) is 7.00. The Bertz CT molecular complexity index is 1070. The van der Waals surface area contributed by atoms with Crippen molar-refractivity contribution in [3.63, 3.8) is 0 Å². The molecule has 0 bridgehead atoms. The van der Waals surface area contributed by atoms with Crippen LogP contribution in [0, 0.1) is 0 Å². The number of amides is 2. The highest BCUT2D eigenvalue weighted by atomic mass is 16.2. The Morgan fingerprint density at radius 2 is 1.66 bits per heavy atom. The van der Waals surface area contributed by atoms with Gasteiger partial charge in [-0.05, 0) is 49.6 Å². The van der Waals surface area contributed by atoms with E-state index in [4.69, 9.17) is 0 Å². The van der Waals surface area contributed by atoms with Gasteiger partial charge in [0.2, 0.25) is 5.91 Å². The van der Waals surface area contributed by atoms with E-state index >= 15 is 0 Å². The maximum absolute atomic E-state index is 12.8. The Hall–Kier alpha value is -3.54. The average molecular weight is 386 g/mol. The van der Waals surface area contributed by atoms with Crippen molar-refractivity contribution >= 4 is 34.6 Å². The van der Waals surface area contributed by atoms with Crippen LogP contribution in [0.5, 0.6) is 0 Å². The van der Waals surface area contributed by atoms with Crippen molar-refractivity contribution < 1.29 is 9.59 Å². The molecule has 29 heavy (non-hydrogen) atoms. The van der Waals surface area contributed by atoms with Crippen molar-refractivity contribution in [3.05, 3.63) is 72.1 Å². The molecular formula is C23H22N4O2. The van der Waals surface area contributed by atoms with Crippen LogP contribution in [0.4, 0.5) is 5.69 Å². The van der Waals surface area contributed by atoms with E-state index in [0.29, 0.717) is 16.9 Å². The number of hydrogen-bond acceptors (Lipinski definition) is 4. The smallest absolute Gasteiger partial charge is 0.255 e. The first kappa shape index (κ1) is 18.8. The zero-order valence-corrected chi connectivity index (χ0v) is 16.0. The largest absolute Gasteiger partial charge is 0.339 e. The van der Waals surface area contributed by atoms with Gasteiger partial charge >= 0.3 is 0 Å². The number of nitrogens with one attached hydrogen (secondary N) is 1. The molecule has 0 saturated carbocycles. The van der Waals surface area contributed by atoms with E-state index in [0.717, 1.165) is 43.4 Å². The SMILES string of the molecule is O=C(/C=C/c1cnc2ccccc2n1)Nc1ccccc1C(=O)N1CCCCC1. The molecule has 0 atom stereocenters. The minimum absolute atomic E-state index is 0.0371. The molecule has 6 nitrogen and oxygen atoms in total. The molecule has 1 saturated heterocycles. The molecule has 0 aliphatic carbocycles. The zero-order chi connectivity index (χ0) is 20.1. The highest BCUT2D eigenvalue weighted by Crippen LogP contribution is 2.20. The summed E-state index contributed by atoms with van der Waals surface area (Å²) in [5.41, 5.74) is 3.20. The van der Waals surface area contributed by atoms with E-state index in [1.54, 1.807) is 30.5 Å². The summed E-state index contributed by atoms with van der Waals surface area (Å²) in [7, 11) is 0. The molecule has 6 heteroatoms. The average Bonchev–Trinajstić information content (AvgIpc) is 2.78. The summed E-state index contributed by atoms with van der Waals surface area (Å²) >= 11 is 0. The maximum Gasteiger partial charge on any atom is 0.255 e. The van der Waals surface area contributed by atoms with Crippen molar-refractivity contribution in [2.24, 2.45) is 0 Å². The fourth-order valence-corrected chi connectivity index (χ4v) is 3.43. The highest BCUT2D eigenvalue weighted by molar-refractivity contribution is 6.07. The minimum Gasteiger partial charge on any atom is -0.339 e. The molecule has 0 radical (unpaired) electrons. The molecule has 0 spiro atoms. The molecule has 3 aromatic rings. The van der Waals surface area contributed by atoms with E-state index in [9.17, 15) is 9.59 Å². The molecule has 146 valence electrons. The van der Waals surface area contributed by atoms with Crippen molar-refractivity contribution in [1.82, 2.24) is 14.9 Å². The second kappa shape index (κ2) is 8.65. The third-order valence-corrected chi connectivity index (χ3v) is 4.93. The lowest BCUT2D eigenvalue weighted by atomic mass is 10.1. The molecular weight excluding hydrogens is 364 g/mol. The lowest BCUT2D eigenvalue weighted by molar-refractivity contribution is -0.111. The van der Waals surface area contributed by atoms with Crippen molar-refractivity contribution in [1.29, 1.82) is 0 Å². The zero-order valence-electron chi connectivity index (χ0n) is 16.0. The lowest BCUT2D eigenvalue weighted by Crippen LogP contribution is -2.36. The fraction of sp³-hybridized carbons (Fsp3) is 0.217. The summed E-state index contributed by atoms with van der Waals surface area (Å²) in [5, 5.41) is 2.82. The number of anilines is 1. The van der Waals surface area contributed by atoms with Crippen LogP contribution in [-0.2, 0) is 4.79 Å². The van der Waals surface area contributed by atoms with Gasteiger partial charge in [-0.25, -0.2) is 4.98 Å². The summed E-state index contributed by atoms with van der Waals surface area (Å²) in [6, 6.07) is 14.7. The Morgan fingerprint density at radius 1 is 0.931 bits per heavy atom. The number of nitrogens with zero attached hydrogens (tertiary/aromatic N) is 3. The van der Waals surface area contributed by atoms with Crippen LogP contribution in [0.1, 0.15) is 35.3 Å². The molecule has 2 amide bonds. The van der Waals surface area contributed by atoms with Gasteiger partial charge in [0.05, 0.1) is 34.2 Å². The third kappa shape index (κ3) is 4.48. The highest BCUT2D eigenvalue weighted by Gasteiger charge is 2.20. The summed E-state index contributed by atoms with van der Waals surface area (Å²) in [6.07, 6.45) is 7.85. The van der Waals surface area contributed by atoms with Crippen LogP contribution in [0.25, 0.3) is 17.1 Å². The number of fused-ring (bicyclic) bond motifs is 1. The number of likely N-dealkylation sites (tertiary alicyclic amines) is 1. The Kier molecular flexibility index (Phi) is 5.61. The Balaban J connectivity index is 1.48. The van der Waals surface area contributed by atoms with Crippen LogP contribution < -0.4 is 5.32 Å². The number of piperidine rings is 1. The number of aromatic nitrogens is 2. The van der Waals surface area contributed by atoms with Crippen LogP contribution in [0.3, 0.4) is 0 Å². The molecule has 0 unspecified atom stereocenters. The van der Waals surface area contributed by atoms with Gasteiger partial charge in [0, 0.05) is 19.2 Å². The van der Waals surface area contributed by atoms with E-state index < -0.39 is 0 Å². The number of carbonyl (C=O) groups is 2. The molecule has 2 aromatic carbocycles. The molecule has 1 N–H and O–H groups in total. The number of para-hydroxylation sites is 3. The number of rotatable bonds is 4. The number of carbonyl (C=O) groups excluding carboxylic acids is 2. The van der Waals surface area contributed by atoms with Crippen molar-refractivity contribution in [2.75, 3.05) is 18.4 Å². The predicted molar refractivity (Wildman–Crippen MR) is 113 cm³/mol. The number of benzene rings is 2. The first-order valence-corrected chi connectivity index (χ1v) is 9.80. The number of hydrogen-bond donors (Lipinski definition) is 1. The lowest BCUT2D eigenvalue weighted by Gasteiger charge is -2.27. The Labute approximate surface area is 169 Å². The Morgan fingerprint density at radius 3 is 2.48 bits per heavy atom. The van der Waals surface area contributed by atoms with Gasteiger partial charge in [-0.2, -0.15) is 0 Å². The van der Waals surface area contributed by atoms with Gasteiger partial charge < -0.3 is 10.2 Å². The standard InChI is InChI=1S/C23H22N4O2/c28-22(13-12-17-16-24-20-10-4-5-11-21(20)25-17)26-19-9-3-2-8-18(19)23(29)27-14-6-1-7-15-27/h2-5,8-13,16H,1,6-7,14-15H2,(H,26,28)/b13-12+. The summed E-state index contributed by atoms with van der Waals surface area (Å²) in [6.45, 7) is 1.53. The van der Waals surface area contributed by atoms with Crippen molar-refractivity contribution in [3.8, 4) is 0 Å². The van der Waals surface area contributed by atoms with Gasteiger partial charge in [0.1, 0.15) is 0 Å². The molecule has 1 aliphatic heterocycles. The van der Waals surface area contributed by atoms with Crippen LogP contribution in [0.2, 0.25) is 0 Å². The summed E-state index contributed by atoms with van der Waals surface area (Å²) in [5.74, 6) is -0.358. The first-order valence-electron chi connectivity index (χ1n) is 9.80. The van der Waals surface area contributed by atoms with Crippen molar-refractivity contribution in [2.45, 2.75) is 19.3 Å². The summed E-state index contributed by atoms with van der Waals surface area (Å²) in [4.78, 5) is 35.9. The van der Waals surface area contributed by atoms with Crippen LogP contribution >= 0.6 is 0 Å². The minimum atomic E-state index is -0.321. The molecule has 4 rings (SSSR count). The van der Waals surface area contributed by atoms with Gasteiger partial charge in [-0.3, -0.25) is 14.6 Å².